The molecule has 0 amide bonds. The highest BCUT2D eigenvalue weighted by Crippen LogP contribution is 2.29. The van der Waals surface area contributed by atoms with Crippen LogP contribution in [0.4, 0.5) is 13.2 Å². The minimum absolute atomic E-state index is 0. The zero-order valence-corrected chi connectivity index (χ0v) is 16.7. The Morgan fingerprint density at radius 1 is 0.862 bits per heavy atom. The minimum atomic E-state index is -4.33. The summed E-state index contributed by atoms with van der Waals surface area (Å²) in [6.07, 6.45) is 1.06. The summed E-state index contributed by atoms with van der Waals surface area (Å²) >= 11 is 0. The Morgan fingerprint density at radius 3 is 2.24 bits per heavy atom. The Bertz CT molecular complexity index is 1080. The number of halogens is 4. The smallest absolute Gasteiger partial charge is 0.416 e. The highest BCUT2D eigenvalue weighted by molar-refractivity contribution is 5.60. The number of hydrogen-bond acceptors (Lipinski definition) is 2. The summed E-state index contributed by atoms with van der Waals surface area (Å²) in [7, 11) is 0. The average Bonchev–Trinajstić information content (AvgIpc) is 3.19. The van der Waals surface area contributed by atoms with Gasteiger partial charge in [0.2, 0.25) is 5.89 Å². The number of benzene rings is 2. The van der Waals surface area contributed by atoms with Gasteiger partial charge < -0.3 is 21.4 Å². The van der Waals surface area contributed by atoms with Crippen LogP contribution in [0, 0.1) is 0 Å². The normalized spacial score (nSPS) is 11.1. The first-order chi connectivity index (χ1) is 13.5. The van der Waals surface area contributed by atoms with Crippen LogP contribution in [0.25, 0.3) is 22.8 Å². The second-order valence-corrected chi connectivity index (χ2v) is 6.36. The molecule has 0 aliphatic carbocycles. The molecular formula is C22H16BrF3N2O. The summed E-state index contributed by atoms with van der Waals surface area (Å²) in [5.41, 5.74) is 1.85. The van der Waals surface area contributed by atoms with E-state index >= 15 is 0 Å². The molecule has 4 rings (SSSR count). The predicted octanol–water partition coefficient (Wildman–Crippen LogP) is 2.37. The van der Waals surface area contributed by atoms with Crippen molar-refractivity contribution in [2.24, 2.45) is 0 Å². The molecule has 3 nitrogen and oxygen atoms in total. The number of rotatable bonds is 4. The Labute approximate surface area is 176 Å². The van der Waals surface area contributed by atoms with E-state index in [1.165, 1.54) is 12.1 Å². The fourth-order valence-electron chi connectivity index (χ4n) is 2.90. The molecule has 0 unspecified atom stereocenters. The van der Waals surface area contributed by atoms with Crippen molar-refractivity contribution in [2.75, 3.05) is 0 Å². The number of hydrogen-bond donors (Lipinski definition) is 0. The third kappa shape index (κ3) is 4.92. The maximum Gasteiger partial charge on any atom is 0.416 e. The molecule has 0 radical (unpaired) electrons. The van der Waals surface area contributed by atoms with E-state index in [4.69, 9.17) is 4.42 Å². The van der Waals surface area contributed by atoms with E-state index in [0.717, 1.165) is 28.8 Å². The lowest BCUT2D eigenvalue weighted by Gasteiger charge is -2.06. The SMILES string of the molecule is FC(F)(F)c1ccc(C[n+]2cccc(-c3ncc(-c4ccccc4)o3)c2)cc1.[Br-]. The Kier molecular flexibility index (Phi) is 6.17. The van der Waals surface area contributed by atoms with E-state index in [0.29, 0.717) is 18.2 Å². The van der Waals surface area contributed by atoms with Gasteiger partial charge in [-0.3, -0.25) is 0 Å². The molecule has 29 heavy (non-hydrogen) atoms. The Balaban J connectivity index is 0.00000240. The second kappa shape index (κ2) is 8.61. The van der Waals surface area contributed by atoms with Crippen LogP contribution in [-0.4, -0.2) is 4.98 Å². The van der Waals surface area contributed by atoms with Crippen LogP contribution in [-0.2, 0) is 12.7 Å². The fourth-order valence-corrected chi connectivity index (χ4v) is 2.90. The summed E-state index contributed by atoms with van der Waals surface area (Å²) in [5.74, 6) is 1.16. The lowest BCUT2D eigenvalue weighted by Crippen LogP contribution is -3.00. The zero-order chi connectivity index (χ0) is 19.6. The fraction of sp³-hybridized carbons (Fsp3) is 0.0909. The molecule has 2 aromatic heterocycles. The first-order valence-corrected chi connectivity index (χ1v) is 8.66. The predicted molar refractivity (Wildman–Crippen MR) is 98.1 cm³/mol. The molecule has 0 saturated heterocycles. The van der Waals surface area contributed by atoms with Crippen LogP contribution in [0.1, 0.15) is 11.1 Å². The highest BCUT2D eigenvalue weighted by Gasteiger charge is 2.30. The number of alkyl halides is 3. The molecular weight excluding hydrogens is 445 g/mol. The van der Waals surface area contributed by atoms with E-state index in [2.05, 4.69) is 4.98 Å². The Morgan fingerprint density at radius 2 is 1.55 bits per heavy atom. The van der Waals surface area contributed by atoms with Crippen LogP contribution < -0.4 is 21.5 Å². The van der Waals surface area contributed by atoms with Gasteiger partial charge in [0.25, 0.3) is 0 Å². The Hall–Kier alpha value is -2.93. The molecule has 0 N–H and O–H groups in total. The monoisotopic (exact) mass is 460 g/mol. The lowest BCUT2D eigenvalue weighted by atomic mass is 10.1. The largest absolute Gasteiger partial charge is 1.00 e. The van der Waals surface area contributed by atoms with E-state index < -0.39 is 11.7 Å². The van der Waals surface area contributed by atoms with Gasteiger partial charge in [-0.15, -0.1) is 0 Å². The van der Waals surface area contributed by atoms with Crippen molar-refractivity contribution in [3.8, 4) is 22.8 Å². The van der Waals surface area contributed by atoms with Gasteiger partial charge in [0, 0.05) is 17.2 Å². The summed E-state index contributed by atoms with van der Waals surface area (Å²) in [6, 6.07) is 18.6. The maximum absolute atomic E-state index is 12.7. The lowest BCUT2D eigenvalue weighted by molar-refractivity contribution is -0.687. The molecule has 148 valence electrons. The number of oxazole rings is 1. The molecule has 0 aliphatic rings. The van der Waals surface area contributed by atoms with E-state index in [1.54, 1.807) is 6.20 Å². The standard InChI is InChI=1S/C22H16F3N2O.BrH/c23-22(24,25)19-10-8-16(9-11-19)14-27-12-4-7-18(15-27)21-26-13-20(28-21)17-5-2-1-3-6-17;/h1-13,15H,14H2;1H/q+1;/p-1. The quantitative estimate of drug-likeness (QED) is 0.437. The zero-order valence-electron chi connectivity index (χ0n) is 15.1. The molecule has 0 saturated carbocycles. The van der Waals surface area contributed by atoms with Gasteiger partial charge >= 0.3 is 6.18 Å². The summed E-state index contributed by atoms with van der Waals surface area (Å²) in [5, 5.41) is 0. The van der Waals surface area contributed by atoms with E-state index in [1.807, 2.05) is 59.4 Å². The molecule has 0 aliphatic heterocycles. The van der Waals surface area contributed by atoms with Gasteiger partial charge in [-0.2, -0.15) is 17.7 Å². The first kappa shape index (κ1) is 20.8. The maximum atomic E-state index is 12.7. The molecule has 0 fully saturated rings. The van der Waals surface area contributed by atoms with Crippen molar-refractivity contribution in [1.29, 1.82) is 0 Å². The highest BCUT2D eigenvalue weighted by atomic mass is 79.9. The van der Waals surface area contributed by atoms with Crippen LogP contribution >= 0.6 is 0 Å². The van der Waals surface area contributed by atoms with Crippen molar-refractivity contribution >= 4 is 0 Å². The van der Waals surface area contributed by atoms with Crippen LogP contribution in [0.15, 0.2) is 89.7 Å². The summed E-state index contributed by atoms with van der Waals surface area (Å²) in [6.45, 7) is 0.443. The van der Waals surface area contributed by atoms with Crippen molar-refractivity contribution in [3.63, 3.8) is 0 Å². The van der Waals surface area contributed by atoms with Crippen LogP contribution in [0.5, 0.6) is 0 Å². The topological polar surface area (TPSA) is 29.9 Å². The molecule has 0 bridgehead atoms. The summed E-state index contributed by atoms with van der Waals surface area (Å²) < 4.78 is 45.8. The van der Waals surface area contributed by atoms with Crippen LogP contribution in [0.3, 0.4) is 0 Å². The van der Waals surface area contributed by atoms with Crippen molar-refractivity contribution in [3.05, 3.63) is 96.4 Å². The number of pyridine rings is 1. The molecule has 7 heteroatoms. The van der Waals surface area contributed by atoms with E-state index in [9.17, 15) is 13.2 Å². The van der Waals surface area contributed by atoms with Crippen LogP contribution in [0.2, 0.25) is 0 Å². The third-order valence-electron chi connectivity index (χ3n) is 4.32. The number of nitrogens with zero attached hydrogens (tertiary/aromatic N) is 2. The van der Waals surface area contributed by atoms with Gasteiger partial charge in [-0.1, -0.05) is 42.5 Å². The van der Waals surface area contributed by atoms with Gasteiger partial charge in [-0.05, 0) is 18.2 Å². The summed E-state index contributed by atoms with van der Waals surface area (Å²) in [4.78, 5) is 4.34. The van der Waals surface area contributed by atoms with Gasteiger partial charge in [0.05, 0.1) is 11.8 Å². The molecule has 0 spiro atoms. The number of aromatic nitrogens is 2. The average molecular weight is 461 g/mol. The third-order valence-corrected chi connectivity index (χ3v) is 4.32. The molecule has 2 aromatic carbocycles. The van der Waals surface area contributed by atoms with Crippen molar-refractivity contribution < 1.29 is 39.1 Å². The van der Waals surface area contributed by atoms with E-state index in [-0.39, 0.29) is 17.0 Å². The van der Waals surface area contributed by atoms with Crippen molar-refractivity contribution in [1.82, 2.24) is 4.98 Å². The van der Waals surface area contributed by atoms with Gasteiger partial charge in [-0.25, -0.2) is 4.98 Å². The van der Waals surface area contributed by atoms with Gasteiger partial charge in [0.1, 0.15) is 5.56 Å². The minimum Gasteiger partial charge on any atom is -1.00 e. The van der Waals surface area contributed by atoms with Crippen molar-refractivity contribution in [2.45, 2.75) is 12.7 Å². The molecule has 2 heterocycles. The second-order valence-electron chi connectivity index (χ2n) is 6.36. The molecule has 0 atom stereocenters. The van der Waals surface area contributed by atoms with Gasteiger partial charge in [0.15, 0.2) is 24.7 Å². The molecule has 4 aromatic rings. The first-order valence-electron chi connectivity index (χ1n) is 8.66.